The SMILES string of the molecule is CN(Cc1cccc(Br)c1)c1ncc(C(=O)O)cc1Cl. The van der Waals surface area contributed by atoms with Gasteiger partial charge in [0.25, 0.3) is 0 Å². The Balaban J connectivity index is 2.21. The third kappa shape index (κ3) is 3.49. The largest absolute Gasteiger partial charge is 0.478 e. The molecule has 0 aliphatic heterocycles. The maximum Gasteiger partial charge on any atom is 0.337 e. The second-order valence-corrected chi connectivity index (χ2v) is 5.64. The molecule has 0 unspecified atom stereocenters. The summed E-state index contributed by atoms with van der Waals surface area (Å²) < 4.78 is 1.00. The van der Waals surface area contributed by atoms with Crippen LogP contribution < -0.4 is 4.90 Å². The van der Waals surface area contributed by atoms with Gasteiger partial charge in [0.05, 0.1) is 10.6 Å². The number of pyridine rings is 1. The van der Waals surface area contributed by atoms with E-state index in [4.69, 9.17) is 16.7 Å². The molecule has 0 atom stereocenters. The van der Waals surface area contributed by atoms with Crippen molar-refractivity contribution in [2.45, 2.75) is 6.54 Å². The fourth-order valence-corrected chi connectivity index (χ4v) is 2.57. The van der Waals surface area contributed by atoms with Crippen molar-refractivity contribution in [1.29, 1.82) is 0 Å². The van der Waals surface area contributed by atoms with Gasteiger partial charge in [0.15, 0.2) is 0 Å². The number of rotatable bonds is 4. The Bertz CT molecular complexity index is 649. The highest BCUT2D eigenvalue weighted by Crippen LogP contribution is 2.25. The molecule has 0 saturated heterocycles. The number of anilines is 1. The number of hydrogen-bond donors (Lipinski definition) is 1. The van der Waals surface area contributed by atoms with Crippen LogP contribution in [0.15, 0.2) is 41.0 Å². The van der Waals surface area contributed by atoms with Crippen molar-refractivity contribution < 1.29 is 9.90 Å². The standard InChI is InChI=1S/C14H12BrClN2O2/c1-18(8-9-3-2-4-11(15)5-9)13-12(16)6-10(7-17-13)14(19)20/h2-7H,8H2,1H3,(H,19,20). The Morgan fingerprint density at radius 3 is 2.80 bits per heavy atom. The fourth-order valence-electron chi connectivity index (χ4n) is 1.81. The summed E-state index contributed by atoms with van der Waals surface area (Å²) in [6, 6.07) is 9.33. The highest BCUT2D eigenvalue weighted by molar-refractivity contribution is 9.10. The average molecular weight is 356 g/mol. The number of aromatic nitrogens is 1. The molecule has 20 heavy (non-hydrogen) atoms. The first-order valence-corrected chi connectivity index (χ1v) is 6.99. The van der Waals surface area contributed by atoms with Crippen LogP contribution in [0.25, 0.3) is 0 Å². The summed E-state index contributed by atoms with van der Waals surface area (Å²) in [5.41, 5.74) is 1.18. The second kappa shape index (κ2) is 6.24. The van der Waals surface area contributed by atoms with Crippen LogP contribution in [0.5, 0.6) is 0 Å². The van der Waals surface area contributed by atoms with E-state index in [1.807, 2.05) is 36.2 Å². The summed E-state index contributed by atoms with van der Waals surface area (Å²) in [7, 11) is 1.86. The zero-order valence-corrected chi connectivity index (χ0v) is 13.0. The van der Waals surface area contributed by atoms with E-state index in [0.717, 1.165) is 10.0 Å². The minimum Gasteiger partial charge on any atom is -0.478 e. The molecule has 0 aliphatic rings. The van der Waals surface area contributed by atoms with Crippen molar-refractivity contribution in [3.8, 4) is 0 Å². The molecule has 0 saturated carbocycles. The van der Waals surface area contributed by atoms with Gasteiger partial charge in [-0.15, -0.1) is 0 Å². The molecule has 104 valence electrons. The van der Waals surface area contributed by atoms with Gasteiger partial charge in [-0.2, -0.15) is 0 Å². The van der Waals surface area contributed by atoms with Gasteiger partial charge in [-0.1, -0.05) is 39.7 Å². The summed E-state index contributed by atoms with van der Waals surface area (Å²) in [4.78, 5) is 16.8. The van der Waals surface area contributed by atoms with Crippen molar-refractivity contribution in [3.05, 3.63) is 57.2 Å². The monoisotopic (exact) mass is 354 g/mol. The Morgan fingerprint density at radius 2 is 2.20 bits per heavy atom. The smallest absolute Gasteiger partial charge is 0.337 e. The van der Waals surface area contributed by atoms with Gasteiger partial charge in [0, 0.05) is 24.3 Å². The molecule has 1 aromatic heterocycles. The predicted octanol–water partition coefficient (Wildman–Crippen LogP) is 3.83. The van der Waals surface area contributed by atoms with Gasteiger partial charge in [-0.05, 0) is 23.8 Å². The second-order valence-electron chi connectivity index (χ2n) is 4.32. The zero-order valence-electron chi connectivity index (χ0n) is 10.7. The predicted molar refractivity (Wildman–Crippen MR) is 82.5 cm³/mol. The van der Waals surface area contributed by atoms with E-state index in [0.29, 0.717) is 17.4 Å². The van der Waals surface area contributed by atoms with Crippen LogP contribution in [0.4, 0.5) is 5.82 Å². The summed E-state index contributed by atoms with van der Waals surface area (Å²) >= 11 is 9.51. The molecule has 1 heterocycles. The zero-order chi connectivity index (χ0) is 14.7. The van der Waals surface area contributed by atoms with Crippen molar-refractivity contribution >= 4 is 39.3 Å². The number of aromatic carboxylic acids is 1. The summed E-state index contributed by atoms with van der Waals surface area (Å²) in [5.74, 6) is -0.489. The molecule has 4 nitrogen and oxygen atoms in total. The molecule has 0 amide bonds. The first-order chi connectivity index (χ1) is 9.47. The molecule has 0 bridgehead atoms. The number of halogens is 2. The van der Waals surface area contributed by atoms with E-state index >= 15 is 0 Å². The molecule has 6 heteroatoms. The van der Waals surface area contributed by atoms with Crippen molar-refractivity contribution in [2.24, 2.45) is 0 Å². The van der Waals surface area contributed by atoms with Crippen molar-refractivity contribution in [2.75, 3.05) is 11.9 Å². The number of hydrogen-bond acceptors (Lipinski definition) is 3. The summed E-state index contributed by atoms with van der Waals surface area (Å²) in [6.45, 7) is 0.624. The highest BCUT2D eigenvalue weighted by Gasteiger charge is 2.12. The van der Waals surface area contributed by atoms with Crippen LogP contribution in [0.1, 0.15) is 15.9 Å². The van der Waals surface area contributed by atoms with Crippen molar-refractivity contribution in [1.82, 2.24) is 4.98 Å². The van der Waals surface area contributed by atoms with Crippen molar-refractivity contribution in [3.63, 3.8) is 0 Å². The molecule has 2 aromatic rings. The fraction of sp³-hybridized carbons (Fsp3) is 0.143. The molecule has 1 N–H and O–H groups in total. The topological polar surface area (TPSA) is 53.4 Å². The van der Waals surface area contributed by atoms with Gasteiger partial charge in [0.1, 0.15) is 5.82 Å². The molecule has 1 aromatic carbocycles. The number of carboxylic acid groups (broad SMARTS) is 1. The number of carbonyl (C=O) groups is 1. The quantitative estimate of drug-likeness (QED) is 0.905. The maximum atomic E-state index is 10.8. The minimum atomic E-state index is -1.04. The van der Waals surface area contributed by atoms with E-state index in [1.165, 1.54) is 12.3 Å². The first kappa shape index (κ1) is 14.8. The normalized spacial score (nSPS) is 10.3. The van der Waals surface area contributed by atoms with E-state index in [9.17, 15) is 4.79 Å². The number of carboxylic acids is 1. The maximum absolute atomic E-state index is 10.8. The molecule has 0 fully saturated rings. The lowest BCUT2D eigenvalue weighted by atomic mass is 10.2. The third-order valence-electron chi connectivity index (χ3n) is 2.74. The average Bonchev–Trinajstić information content (AvgIpc) is 2.38. The van der Waals surface area contributed by atoms with Crippen LogP contribution in [0, 0.1) is 0 Å². The van der Waals surface area contributed by atoms with Crippen LogP contribution in [0.2, 0.25) is 5.02 Å². The van der Waals surface area contributed by atoms with Gasteiger partial charge < -0.3 is 10.0 Å². The van der Waals surface area contributed by atoms with Crippen LogP contribution >= 0.6 is 27.5 Å². The number of benzene rings is 1. The Labute approximate surface area is 130 Å². The van der Waals surface area contributed by atoms with E-state index < -0.39 is 5.97 Å². The lowest BCUT2D eigenvalue weighted by Gasteiger charge is -2.19. The molecule has 0 radical (unpaired) electrons. The Morgan fingerprint density at radius 1 is 1.45 bits per heavy atom. The Hall–Kier alpha value is -1.59. The van der Waals surface area contributed by atoms with Gasteiger partial charge in [-0.25, -0.2) is 9.78 Å². The van der Waals surface area contributed by atoms with E-state index in [-0.39, 0.29) is 5.56 Å². The van der Waals surface area contributed by atoms with Crippen LogP contribution in [-0.2, 0) is 6.54 Å². The Kier molecular flexibility index (Phi) is 4.62. The summed E-state index contributed by atoms with van der Waals surface area (Å²) in [6.07, 6.45) is 1.31. The third-order valence-corrected chi connectivity index (χ3v) is 3.51. The molecular formula is C14H12BrClN2O2. The van der Waals surface area contributed by atoms with Crippen LogP contribution in [0.3, 0.4) is 0 Å². The van der Waals surface area contributed by atoms with E-state index in [1.54, 1.807) is 0 Å². The molecule has 2 rings (SSSR count). The van der Waals surface area contributed by atoms with E-state index in [2.05, 4.69) is 20.9 Å². The van der Waals surface area contributed by atoms with Gasteiger partial charge in [0.2, 0.25) is 0 Å². The lowest BCUT2D eigenvalue weighted by Crippen LogP contribution is -2.18. The molecular weight excluding hydrogens is 344 g/mol. The summed E-state index contributed by atoms with van der Waals surface area (Å²) in [5, 5.41) is 9.21. The van der Waals surface area contributed by atoms with Gasteiger partial charge >= 0.3 is 5.97 Å². The van der Waals surface area contributed by atoms with Crippen LogP contribution in [-0.4, -0.2) is 23.1 Å². The molecule has 0 spiro atoms. The number of nitrogens with zero attached hydrogens (tertiary/aromatic N) is 2. The lowest BCUT2D eigenvalue weighted by molar-refractivity contribution is 0.0696. The first-order valence-electron chi connectivity index (χ1n) is 5.82. The minimum absolute atomic E-state index is 0.0783. The van der Waals surface area contributed by atoms with Gasteiger partial charge in [-0.3, -0.25) is 0 Å². The highest BCUT2D eigenvalue weighted by atomic mass is 79.9. The molecule has 0 aliphatic carbocycles.